The molecular formula is C26H26FN5O. The van der Waals surface area contributed by atoms with Gasteiger partial charge in [0.05, 0.1) is 34.9 Å². The molecule has 0 bridgehead atoms. The second-order valence-electron chi connectivity index (χ2n) is 9.02. The average molecular weight is 444 g/mol. The van der Waals surface area contributed by atoms with Gasteiger partial charge in [-0.05, 0) is 43.4 Å². The summed E-state index contributed by atoms with van der Waals surface area (Å²) < 4.78 is 22.5. The molecule has 3 aliphatic rings. The first kappa shape index (κ1) is 20.3. The third-order valence-electron chi connectivity index (χ3n) is 7.10. The lowest BCUT2D eigenvalue weighted by molar-refractivity contribution is 0.0572. The van der Waals surface area contributed by atoms with Crippen molar-refractivity contribution in [2.75, 3.05) is 18.1 Å². The second-order valence-corrected chi connectivity index (χ2v) is 9.02. The van der Waals surface area contributed by atoms with Crippen molar-refractivity contribution < 1.29 is 9.13 Å². The van der Waals surface area contributed by atoms with Crippen LogP contribution < -0.4 is 4.90 Å². The molecule has 1 saturated heterocycles. The first-order valence-corrected chi connectivity index (χ1v) is 11.5. The third-order valence-corrected chi connectivity index (χ3v) is 7.10. The molecule has 1 aliphatic carbocycles. The Morgan fingerprint density at radius 2 is 1.94 bits per heavy atom. The van der Waals surface area contributed by atoms with E-state index in [1.807, 2.05) is 32.3 Å². The van der Waals surface area contributed by atoms with Crippen molar-refractivity contribution in [3.63, 3.8) is 0 Å². The number of benzene rings is 1. The van der Waals surface area contributed by atoms with E-state index >= 15 is 4.39 Å². The monoisotopic (exact) mass is 443 g/mol. The van der Waals surface area contributed by atoms with Gasteiger partial charge >= 0.3 is 0 Å². The Morgan fingerprint density at radius 3 is 2.67 bits per heavy atom. The molecule has 6 nitrogen and oxygen atoms in total. The fourth-order valence-electron chi connectivity index (χ4n) is 5.65. The molecule has 0 radical (unpaired) electrons. The summed E-state index contributed by atoms with van der Waals surface area (Å²) in [5.74, 6) is 0.204. The predicted octanol–water partition coefficient (Wildman–Crippen LogP) is 4.79. The molecule has 3 aromatic rings. The Morgan fingerprint density at radius 1 is 1.15 bits per heavy atom. The van der Waals surface area contributed by atoms with E-state index in [2.05, 4.69) is 45.5 Å². The lowest BCUT2D eigenvalue weighted by Gasteiger charge is -2.41. The molecular weight excluding hydrogens is 417 g/mol. The minimum Gasteiger partial charge on any atom is -0.381 e. The largest absolute Gasteiger partial charge is 0.381 e. The molecule has 2 atom stereocenters. The number of rotatable bonds is 4. The van der Waals surface area contributed by atoms with Gasteiger partial charge in [-0.25, -0.2) is 9.07 Å². The predicted molar refractivity (Wildman–Crippen MR) is 125 cm³/mol. The van der Waals surface area contributed by atoms with Crippen LogP contribution in [0.25, 0.3) is 16.8 Å². The zero-order valence-electron chi connectivity index (χ0n) is 18.8. The number of allylic oxidation sites excluding steroid dienone is 2. The van der Waals surface area contributed by atoms with Crippen molar-refractivity contribution in [3.05, 3.63) is 77.5 Å². The van der Waals surface area contributed by atoms with Crippen LogP contribution in [0.1, 0.15) is 35.8 Å². The van der Waals surface area contributed by atoms with E-state index in [1.54, 1.807) is 10.8 Å². The fourth-order valence-corrected chi connectivity index (χ4v) is 5.65. The minimum absolute atomic E-state index is 0.0923. The number of nitrogens with zero attached hydrogens (tertiary/aromatic N) is 5. The maximum Gasteiger partial charge on any atom is 0.130 e. The Kier molecular flexibility index (Phi) is 4.87. The highest BCUT2D eigenvalue weighted by atomic mass is 19.1. The lowest BCUT2D eigenvalue weighted by atomic mass is 9.85. The van der Waals surface area contributed by atoms with Crippen LogP contribution in [0.4, 0.5) is 10.1 Å². The summed E-state index contributed by atoms with van der Waals surface area (Å²) in [5.41, 5.74) is 6.31. The second kappa shape index (κ2) is 7.92. The van der Waals surface area contributed by atoms with E-state index in [1.165, 1.54) is 5.56 Å². The molecule has 2 aromatic heterocycles. The maximum absolute atomic E-state index is 15.0. The number of aryl methyl sites for hydroxylation is 2. The lowest BCUT2D eigenvalue weighted by Crippen LogP contribution is -2.39. The van der Waals surface area contributed by atoms with E-state index in [-0.39, 0.29) is 17.9 Å². The molecule has 1 aromatic carbocycles. The fraction of sp³-hybridized carbons (Fsp3) is 0.346. The summed E-state index contributed by atoms with van der Waals surface area (Å²) in [6, 6.07) is 12.6. The zero-order valence-corrected chi connectivity index (χ0v) is 18.8. The van der Waals surface area contributed by atoms with Crippen LogP contribution in [-0.4, -0.2) is 39.2 Å². The molecule has 7 heteroatoms. The van der Waals surface area contributed by atoms with Gasteiger partial charge in [-0.1, -0.05) is 41.6 Å². The molecule has 6 rings (SSSR count). The van der Waals surface area contributed by atoms with Gasteiger partial charge in [0.1, 0.15) is 5.83 Å². The van der Waals surface area contributed by atoms with Crippen molar-refractivity contribution >= 4 is 11.3 Å². The third kappa shape index (κ3) is 3.22. The van der Waals surface area contributed by atoms with Crippen LogP contribution in [0.15, 0.2) is 60.6 Å². The molecule has 0 amide bonds. The number of fused-ring (bicyclic) bond motifs is 3. The molecule has 1 unspecified atom stereocenters. The van der Waals surface area contributed by atoms with E-state index in [4.69, 9.17) is 9.72 Å². The Labute approximate surface area is 192 Å². The van der Waals surface area contributed by atoms with Crippen LogP contribution in [0, 0.1) is 12.8 Å². The van der Waals surface area contributed by atoms with Crippen molar-refractivity contribution in [3.8, 4) is 11.3 Å². The SMILES string of the molecule is Cc1nnn(C)c1-c1cnc2c(c1)N([C@H](c1ccccc1)C1CCOCC1)C1C=CC(F)=C21. The summed E-state index contributed by atoms with van der Waals surface area (Å²) in [6.07, 6.45) is 7.32. The quantitative estimate of drug-likeness (QED) is 0.580. The number of halogens is 1. The van der Waals surface area contributed by atoms with Gasteiger partial charge in [0.15, 0.2) is 0 Å². The number of hydrogen-bond acceptors (Lipinski definition) is 5. The topological polar surface area (TPSA) is 56.1 Å². The molecule has 0 spiro atoms. The van der Waals surface area contributed by atoms with Crippen LogP contribution in [0.5, 0.6) is 0 Å². The molecule has 1 fully saturated rings. The summed E-state index contributed by atoms with van der Waals surface area (Å²) in [5, 5.41) is 8.37. The molecule has 33 heavy (non-hydrogen) atoms. The Hall–Kier alpha value is -3.32. The molecule has 168 valence electrons. The van der Waals surface area contributed by atoms with E-state index < -0.39 is 0 Å². The number of anilines is 1. The smallest absolute Gasteiger partial charge is 0.130 e. The van der Waals surface area contributed by atoms with Crippen molar-refractivity contribution in [2.24, 2.45) is 13.0 Å². The molecule has 0 N–H and O–H groups in total. The number of hydrogen-bond donors (Lipinski definition) is 0. The first-order chi connectivity index (χ1) is 16.1. The Bertz CT molecular complexity index is 1240. The van der Waals surface area contributed by atoms with E-state index in [0.717, 1.165) is 54.4 Å². The normalized spacial score (nSPS) is 20.9. The van der Waals surface area contributed by atoms with Gasteiger partial charge < -0.3 is 9.64 Å². The average Bonchev–Trinajstić information content (AvgIpc) is 3.49. The van der Waals surface area contributed by atoms with Gasteiger partial charge in [0.2, 0.25) is 0 Å². The highest BCUT2D eigenvalue weighted by Crippen LogP contribution is 2.52. The van der Waals surface area contributed by atoms with Crippen LogP contribution in [0.3, 0.4) is 0 Å². The maximum atomic E-state index is 15.0. The van der Waals surface area contributed by atoms with Gasteiger partial charge in [-0.3, -0.25) is 4.98 Å². The molecule has 0 saturated carbocycles. The molecule has 4 heterocycles. The van der Waals surface area contributed by atoms with Crippen LogP contribution in [-0.2, 0) is 11.8 Å². The van der Waals surface area contributed by atoms with Gasteiger partial charge in [-0.15, -0.1) is 5.10 Å². The summed E-state index contributed by atoms with van der Waals surface area (Å²) in [7, 11) is 1.88. The Balaban J connectivity index is 1.54. The summed E-state index contributed by atoms with van der Waals surface area (Å²) >= 11 is 0. The standard InChI is InChI=1S/C26H26FN5O/c1-16-25(31(2)30-29-16)19-14-22-24(28-15-19)23-20(27)8-9-21(23)32(22)26(17-6-4-3-5-7-17)18-10-12-33-13-11-18/h3-9,14-15,18,21,26H,10-13H2,1-2H3/t21?,26-/m1/s1. The van der Waals surface area contributed by atoms with Crippen LogP contribution >= 0.6 is 0 Å². The summed E-state index contributed by atoms with van der Waals surface area (Å²) in [4.78, 5) is 7.17. The van der Waals surface area contributed by atoms with Crippen molar-refractivity contribution in [1.82, 2.24) is 20.0 Å². The van der Waals surface area contributed by atoms with Crippen molar-refractivity contribution in [2.45, 2.75) is 31.8 Å². The highest BCUT2D eigenvalue weighted by molar-refractivity contribution is 5.93. The number of pyridine rings is 1. The van der Waals surface area contributed by atoms with E-state index in [9.17, 15) is 0 Å². The summed E-state index contributed by atoms with van der Waals surface area (Å²) in [6.45, 7) is 3.46. The highest BCUT2D eigenvalue weighted by Gasteiger charge is 2.44. The van der Waals surface area contributed by atoms with Gasteiger partial charge in [-0.2, -0.15) is 0 Å². The van der Waals surface area contributed by atoms with Crippen LogP contribution in [0.2, 0.25) is 0 Å². The number of aromatic nitrogens is 4. The first-order valence-electron chi connectivity index (χ1n) is 11.5. The number of ether oxygens (including phenoxy) is 1. The van der Waals surface area contributed by atoms with E-state index in [0.29, 0.717) is 11.5 Å². The molecule has 2 aliphatic heterocycles. The minimum atomic E-state index is -0.193. The van der Waals surface area contributed by atoms with Crippen molar-refractivity contribution in [1.29, 1.82) is 0 Å². The van der Waals surface area contributed by atoms with Gasteiger partial charge in [0, 0.05) is 37.6 Å². The van der Waals surface area contributed by atoms with Gasteiger partial charge in [0.25, 0.3) is 0 Å². The zero-order chi connectivity index (χ0) is 22.5.